The van der Waals surface area contributed by atoms with Gasteiger partial charge in [-0.25, -0.2) is 9.97 Å². The molecule has 0 saturated carbocycles. The Hall–Kier alpha value is -2.14. The third kappa shape index (κ3) is 4.89. The number of nitrogens with one attached hydrogen (secondary N) is 2. The van der Waals surface area contributed by atoms with Gasteiger partial charge in [0.15, 0.2) is 0 Å². The SMILES string of the molecule is Cl.Cl.N[C@@H](Cc1cnc[nH]1)C(=O)N1CCC2(CCc3c2nc(N2CCOCC2)[nH]c3=O)CC1. The molecule has 1 amide bonds. The maximum Gasteiger partial charge on any atom is 0.255 e. The number of anilines is 1. The summed E-state index contributed by atoms with van der Waals surface area (Å²) in [4.78, 5) is 44.5. The summed E-state index contributed by atoms with van der Waals surface area (Å²) in [5.74, 6) is 0.615. The number of imidazole rings is 1. The number of morpholine rings is 1. The Labute approximate surface area is 204 Å². The predicted molar refractivity (Wildman–Crippen MR) is 128 cm³/mol. The summed E-state index contributed by atoms with van der Waals surface area (Å²) < 4.78 is 5.43. The van der Waals surface area contributed by atoms with Crippen LogP contribution in [0.15, 0.2) is 17.3 Å². The first-order chi connectivity index (χ1) is 15.1. The van der Waals surface area contributed by atoms with Crippen molar-refractivity contribution >= 4 is 36.7 Å². The lowest BCUT2D eigenvalue weighted by atomic mass is 9.76. The molecule has 2 saturated heterocycles. The van der Waals surface area contributed by atoms with Crippen molar-refractivity contribution in [2.75, 3.05) is 44.3 Å². The summed E-state index contributed by atoms with van der Waals surface area (Å²) in [6, 6.07) is -0.584. The van der Waals surface area contributed by atoms with Gasteiger partial charge >= 0.3 is 0 Å². The Morgan fingerprint density at radius 3 is 2.58 bits per heavy atom. The maximum absolute atomic E-state index is 12.9. The van der Waals surface area contributed by atoms with E-state index in [1.54, 1.807) is 12.5 Å². The Morgan fingerprint density at radius 2 is 1.91 bits per heavy atom. The number of carbonyl (C=O) groups excluding carboxylic acids is 1. The second-order valence-corrected chi connectivity index (χ2v) is 8.81. The van der Waals surface area contributed by atoms with E-state index < -0.39 is 6.04 Å². The number of nitrogens with two attached hydrogens (primary N) is 1. The highest BCUT2D eigenvalue weighted by atomic mass is 35.5. The van der Waals surface area contributed by atoms with Crippen LogP contribution in [0.1, 0.15) is 36.2 Å². The summed E-state index contributed by atoms with van der Waals surface area (Å²) in [7, 11) is 0. The predicted octanol–water partition coefficient (Wildman–Crippen LogP) is 0.550. The molecule has 0 bridgehead atoms. The lowest BCUT2D eigenvalue weighted by Gasteiger charge is -2.40. The summed E-state index contributed by atoms with van der Waals surface area (Å²) in [5.41, 5.74) is 8.62. The van der Waals surface area contributed by atoms with Gasteiger partial charge in [0.2, 0.25) is 11.9 Å². The van der Waals surface area contributed by atoms with E-state index in [0.29, 0.717) is 38.7 Å². The van der Waals surface area contributed by atoms with Gasteiger partial charge < -0.3 is 25.3 Å². The van der Waals surface area contributed by atoms with Gasteiger partial charge in [0.25, 0.3) is 5.56 Å². The van der Waals surface area contributed by atoms with Crippen molar-refractivity contribution < 1.29 is 9.53 Å². The molecule has 2 aliphatic heterocycles. The number of nitrogens with zero attached hydrogens (tertiary/aromatic N) is 4. The van der Waals surface area contributed by atoms with Crippen LogP contribution in [0.25, 0.3) is 0 Å². The van der Waals surface area contributed by atoms with Crippen molar-refractivity contribution in [3.63, 3.8) is 0 Å². The molecule has 0 aromatic carbocycles. The highest BCUT2D eigenvalue weighted by molar-refractivity contribution is 5.85. The zero-order valence-corrected chi connectivity index (χ0v) is 20.1. The van der Waals surface area contributed by atoms with Crippen LogP contribution in [0.4, 0.5) is 5.95 Å². The minimum Gasteiger partial charge on any atom is -0.378 e. The highest BCUT2D eigenvalue weighted by Crippen LogP contribution is 2.44. The number of aromatic nitrogens is 4. The first-order valence-electron chi connectivity index (χ1n) is 11.0. The second-order valence-electron chi connectivity index (χ2n) is 8.81. The van der Waals surface area contributed by atoms with Gasteiger partial charge in [0, 0.05) is 55.5 Å². The Kier molecular flexibility index (Phi) is 8.04. The van der Waals surface area contributed by atoms with E-state index in [1.165, 1.54) is 0 Å². The summed E-state index contributed by atoms with van der Waals surface area (Å²) in [5, 5.41) is 0. The number of aromatic amines is 2. The molecule has 182 valence electrons. The molecule has 12 heteroatoms. The third-order valence-corrected chi connectivity index (χ3v) is 7.01. The molecule has 2 aromatic rings. The van der Waals surface area contributed by atoms with Gasteiger partial charge in [0.05, 0.1) is 31.3 Å². The van der Waals surface area contributed by atoms with Crippen LogP contribution < -0.4 is 16.2 Å². The Bertz CT molecular complexity index is 1000. The molecule has 33 heavy (non-hydrogen) atoms. The van der Waals surface area contributed by atoms with Crippen molar-refractivity contribution in [3.05, 3.63) is 39.8 Å². The van der Waals surface area contributed by atoms with Crippen LogP contribution in [0, 0.1) is 0 Å². The van der Waals surface area contributed by atoms with Crippen LogP contribution in [0.3, 0.4) is 0 Å². The number of carbonyl (C=O) groups is 1. The standard InChI is InChI=1S/C21H29N7O3.2ClH/c22-16(11-14-12-23-13-24-14)19(30)27-5-3-21(4-6-27)2-1-15-17(21)25-20(26-18(15)29)28-7-9-31-10-8-28;;/h12-13,16H,1-11,22H2,(H,23,24)(H,25,26,29);2*1H/t16-;;/m0../s1. The summed E-state index contributed by atoms with van der Waals surface area (Å²) >= 11 is 0. The number of hydrogen-bond acceptors (Lipinski definition) is 7. The molecule has 1 atom stereocenters. The number of halogens is 2. The van der Waals surface area contributed by atoms with Crippen molar-refractivity contribution in [2.45, 2.75) is 43.6 Å². The van der Waals surface area contributed by atoms with E-state index >= 15 is 0 Å². The molecule has 0 unspecified atom stereocenters. The fourth-order valence-electron chi connectivity index (χ4n) is 5.16. The number of piperidine rings is 1. The fourth-order valence-corrected chi connectivity index (χ4v) is 5.16. The lowest BCUT2D eigenvalue weighted by molar-refractivity contribution is -0.134. The molecule has 5 rings (SSSR count). The molecule has 4 N–H and O–H groups in total. The smallest absolute Gasteiger partial charge is 0.255 e. The fraction of sp³-hybridized carbons (Fsp3) is 0.619. The quantitative estimate of drug-likeness (QED) is 0.559. The van der Waals surface area contributed by atoms with Gasteiger partial charge in [-0.1, -0.05) is 0 Å². The van der Waals surface area contributed by atoms with Gasteiger partial charge in [-0.15, -0.1) is 24.8 Å². The van der Waals surface area contributed by atoms with Gasteiger partial charge in [0.1, 0.15) is 0 Å². The lowest BCUT2D eigenvalue weighted by Crippen LogP contribution is -2.51. The van der Waals surface area contributed by atoms with Crippen LogP contribution in [-0.4, -0.2) is 76.2 Å². The minimum absolute atomic E-state index is 0. The monoisotopic (exact) mass is 499 g/mol. The molecule has 10 nitrogen and oxygen atoms in total. The van der Waals surface area contributed by atoms with Crippen molar-refractivity contribution in [3.8, 4) is 0 Å². The number of likely N-dealkylation sites (tertiary alicyclic amines) is 1. The second kappa shape index (κ2) is 10.4. The van der Waals surface area contributed by atoms with Crippen LogP contribution in [0.2, 0.25) is 0 Å². The van der Waals surface area contributed by atoms with Crippen molar-refractivity contribution in [1.82, 2.24) is 24.8 Å². The van der Waals surface area contributed by atoms with Crippen LogP contribution in [0.5, 0.6) is 0 Å². The summed E-state index contributed by atoms with van der Waals surface area (Å²) in [6.45, 7) is 4.01. The van der Waals surface area contributed by atoms with E-state index in [1.807, 2.05) is 4.90 Å². The first-order valence-corrected chi connectivity index (χ1v) is 11.0. The van der Waals surface area contributed by atoms with E-state index in [9.17, 15) is 9.59 Å². The number of ether oxygens (including phenoxy) is 1. The van der Waals surface area contributed by atoms with Gasteiger partial charge in [-0.2, -0.15) is 0 Å². The topological polar surface area (TPSA) is 133 Å². The first kappa shape index (κ1) is 25.5. The molecule has 1 spiro atoms. The molecule has 2 aromatic heterocycles. The third-order valence-electron chi connectivity index (χ3n) is 7.01. The molecular weight excluding hydrogens is 469 g/mol. The van der Waals surface area contributed by atoms with Gasteiger partial charge in [-0.3, -0.25) is 14.6 Å². The van der Waals surface area contributed by atoms with E-state index in [4.69, 9.17) is 15.5 Å². The van der Waals surface area contributed by atoms with Crippen LogP contribution in [-0.2, 0) is 27.8 Å². The average molecular weight is 500 g/mol. The van der Waals surface area contributed by atoms with Crippen LogP contribution >= 0.6 is 24.8 Å². The number of rotatable bonds is 4. The largest absolute Gasteiger partial charge is 0.378 e. The molecule has 0 radical (unpaired) electrons. The number of hydrogen-bond donors (Lipinski definition) is 3. The van der Waals surface area contributed by atoms with Crippen molar-refractivity contribution in [1.29, 1.82) is 0 Å². The Morgan fingerprint density at radius 1 is 1.18 bits per heavy atom. The van der Waals surface area contributed by atoms with E-state index in [-0.39, 0.29) is 41.7 Å². The molecule has 4 heterocycles. The summed E-state index contributed by atoms with van der Waals surface area (Å²) in [6.07, 6.45) is 7.01. The molecular formula is C21H31Cl2N7O3. The maximum atomic E-state index is 12.9. The minimum atomic E-state index is -0.584. The molecule has 2 fully saturated rings. The zero-order valence-electron chi connectivity index (χ0n) is 18.4. The van der Waals surface area contributed by atoms with E-state index in [0.717, 1.165) is 55.7 Å². The Balaban J connectivity index is 0.00000153. The molecule has 1 aliphatic carbocycles. The highest BCUT2D eigenvalue weighted by Gasteiger charge is 2.45. The number of fused-ring (bicyclic) bond motifs is 2. The van der Waals surface area contributed by atoms with Gasteiger partial charge in [-0.05, 0) is 25.7 Å². The normalized spacial score (nSPS) is 20.0. The molecule has 3 aliphatic rings. The number of H-pyrrole nitrogens is 2. The number of amides is 1. The van der Waals surface area contributed by atoms with Crippen molar-refractivity contribution in [2.24, 2.45) is 5.73 Å². The average Bonchev–Trinajstić information content (AvgIpc) is 3.43. The van der Waals surface area contributed by atoms with E-state index in [2.05, 4.69) is 19.9 Å². The zero-order chi connectivity index (χ0) is 21.4.